The Balaban J connectivity index is 2.33. The smallest absolute Gasteiger partial charge is 0.257 e. The molecule has 0 bridgehead atoms. The highest BCUT2D eigenvalue weighted by Crippen LogP contribution is 2.34. The second kappa shape index (κ2) is 6.04. The van der Waals surface area contributed by atoms with Gasteiger partial charge in [0, 0.05) is 10.2 Å². The van der Waals surface area contributed by atoms with Crippen LogP contribution in [0.25, 0.3) is 0 Å². The lowest BCUT2D eigenvalue weighted by Gasteiger charge is -2.11. The van der Waals surface area contributed by atoms with Gasteiger partial charge in [-0.25, -0.2) is 0 Å². The number of nitrogen functional groups attached to an aromatic ring is 1. The summed E-state index contributed by atoms with van der Waals surface area (Å²) in [7, 11) is 0. The molecular formula is C14H11BrCl2N2O. The lowest BCUT2D eigenvalue weighted by Crippen LogP contribution is -2.14. The Hall–Kier alpha value is -1.23. The van der Waals surface area contributed by atoms with E-state index in [0.29, 0.717) is 27.0 Å². The van der Waals surface area contributed by atoms with Crippen LogP contribution in [0, 0.1) is 6.92 Å². The molecule has 0 saturated heterocycles. The first-order valence-electron chi connectivity index (χ1n) is 5.70. The Morgan fingerprint density at radius 3 is 2.35 bits per heavy atom. The molecule has 2 aromatic carbocycles. The molecular weight excluding hydrogens is 363 g/mol. The zero-order valence-corrected chi connectivity index (χ0v) is 13.6. The van der Waals surface area contributed by atoms with Gasteiger partial charge in [-0.1, -0.05) is 45.2 Å². The number of carbonyl (C=O) groups is 1. The number of halogens is 3. The van der Waals surface area contributed by atoms with Gasteiger partial charge < -0.3 is 11.1 Å². The molecule has 2 aromatic rings. The third kappa shape index (κ3) is 3.26. The van der Waals surface area contributed by atoms with Gasteiger partial charge in [-0.2, -0.15) is 0 Å². The molecule has 0 saturated carbocycles. The minimum atomic E-state index is -0.353. The van der Waals surface area contributed by atoms with Crippen molar-refractivity contribution in [2.45, 2.75) is 6.92 Å². The zero-order chi connectivity index (χ0) is 14.9. The third-order valence-corrected chi connectivity index (χ3v) is 3.75. The monoisotopic (exact) mass is 372 g/mol. The molecule has 2 rings (SSSR count). The van der Waals surface area contributed by atoms with E-state index in [1.807, 2.05) is 13.0 Å². The highest BCUT2D eigenvalue weighted by atomic mass is 79.9. The van der Waals surface area contributed by atoms with Crippen molar-refractivity contribution >= 4 is 56.4 Å². The van der Waals surface area contributed by atoms with E-state index >= 15 is 0 Å². The largest absolute Gasteiger partial charge is 0.398 e. The standard InChI is InChI=1S/C14H11BrCl2N2O/c1-7-2-3-9(12(18)4-7)14(20)19-13-10(16)5-8(15)6-11(13)17/h2-6H,18H2,1H3,(H,19,20). The molecule has 3 N–H and O–H groups in total. The van der Waals surface area contributed by atoms with Gasteiger partial charge >= 0.3 is 0 Å². The van der Waals surface area contributed by atoms with Crippen LogP contribution in [0.4, 0.5) is 11.4 Å². The van der Waals surface area contributed by atoms with Crippen LogP contribution in [0.5, 0.6) is 0 Å². The Morgan fingerprint density at radius 1 is 1.20 bits per heavy atom. The second-order valence-electron chi connectivity index (χ2n) is 4.29. The molecule has 1 amide bonds. The van der Waals surface area contributed by atoms with Crippen molar-refractivity contribution in [1.82, 2.24) is 0 Å². The van der Waals surface area contributed by atoms with Crippen LogP contribution in [0.2, 0.25) is 10.0 Å². The van der Waals surface area contributed by atoms with E-state index in [9.17, 15) is 4.79 Å². The third-order valence-electron chi connectivity index (χ3n) is 2.70. The van der Waals surface area contributed by atoms with Gasteiger partial charge in [0.2, 0.25) is 0 Å². The maximum Gasteiger partial charge on any atom is 0.257 e. The van der Waals surface area contributed by atoms with Gasteiger partial charge in [-0.05, 0) is 36.8 Å². The SMILES string of the molecule is Cc1ccc(C(=O)Nc2c(Cl)cc(Br)cc2Cl)c(N)c1. The first-order chi connectivity index (χ1) is 9.38. The molecule has 0 aliphatic carbocycles. The Labute approximate surface area is 135 Å². The summed E-state index contributed by atoms with van der Waals surface area (Å²) in [4.78, 5) is 12.2. The van der Waals surface area contributed by atoms with Crippen LogP contribution in [0.1, 0.15) is 15.9 Å². The quantitative estimate of drug-likeness (QED) is 0.735. The number of anilines is 2. The molecule has 0 unspecified atom stereocenters. The lowest BCUT2D eigenvalue weighted by atomic mass is 10.1. The average Bonchev–Trinajstić information content (AvgIpc) is 2.33. The maximum absolute atomic E-state index is 12.2. The summed E-state index contributed by atoms with van der Waals surface area (Å²) in [6.07, 6.45) is 0. The second-order valence-corrected chi connectivity index (χ2v) is 6.02. The minimum absolute atomic E-state index is 0.350. The van der Waals surface area contributed by atoms with Gasteiger partial charge in [0.1, 0.15) is 0 Å². The van der Waals surface area contributed by atoms with Gasteiger partial charge in [-0.3, -0.25) is 4.79 Å². The summed E-state index contributed by atoms with van der Waals surface area (Å²) in [5.41, 5.74) is 7.98. The van der Waals surface area contributed by atoms with Crippen LogP contribution in [0.3, 0.4) is 0 Å². The predicted octanol–water partition coefficient (Wildman–Crippen LogP) is 4.90. The molecule has 0 atom stereocenters. The molecule has 0 radical (unpaired) electrons. The molecule has 0 aliphatic rings. The number of benzene rings is 2. The summed E-state index contributed by atoms with van der Waals surface area (Å²) >= 11 is 15.4. The number of rotatable bonds is 2. The van der Waals surface area contributed by atoms with Crippen molar-refractivity contribution in [2.24, 2.45) is 0 Å². The number of carbonyl (C=O) groups excluding carboxylic acids is 1. The molecule has 0 fully saturated rings. The molecule has 0 aliphatic heterocycles. The number of hydrogen-bond donors (Lipinski definition) is 2. The van der Waals surface area contributed by atoms with Crippen molar-refractivity contribution < 1.29 is 4.79 Å². The predicted molar refractivity (Wildman–Crippen MR) is 87.7 cm³/mol. The number of hydrogen-bond acceptors (Lipinski definition) is 2. The van der Waals surface area contributed by atoms with Crippen molar-refractivity contribution in [3.8, 4) is 0 Å². The molecule has 104 valence electrons. The van der Waals surface area contributed by atoms with Gasteiger partial charge in [0.25, 0.3) is 5.91 Å². The highest BCUT2D eigenvalue weighted by molar-refractivity contribution is 9.10. The normalized spacial score (nSPS) is 10.4. The van der Waals surface area contributed by atoms with E-state index in [-0.39, 0.29) is 5.91 Å². The summed E-state index contributed by atoms with van der Waals surface area (Å²) in [6, 6.07) is 8.53. The fourth-order valence-corrected chi connectivity index (χ4v) is 3.03. The van der Waals surface area contributed by atoms with E-state index in [1.165, 1.54) is 0 Å². The van der Waals surface area contributed by atoms with E-state index in [2.05, 4.69) is 21.2 Å². The van der Waals surface area contributed by atoms with Crippen LogP contribution < -0.4 is 11.1 Å². The zero-order valence-electron chi connectivity index (χ0n) is 10.5. The number of nitrogens with one attached hydrogen (secondary N) is 1. The molecule has 0 heterocycles. The summed E-state index contributed by atoms with van der Waals surface area (Å²) in [6.45, 7) is 1.90. The van der Waals surface area contributed by atoms with E-state index in [0.717, 1.165) is 10.0 Å². The van der Waals surface area contributed by atoms with Crippen molar-refractivity contribution in [1.29, 1.82) is 0 Å². The summed E-state index contributed by atoms with van der Waals surface area (Å²) in [5, 5.41) is 3.38. The van der Waals surface area contributed by atoms with E-state index in [4.69, 9.17) is 28.9 Å². The van der Waals surface area contributed by atoms with Gasteiger partial charge in [-0.15, -0.1) is 0 Å². The summed E-state index contributed by atoms with van der Waals surface area (Å²) < 4.78 is 0.736. The van der Waals surface area contributed by atoms with Crippen LogP contribution in [-0.4, -0.2) is 5.91 Å². The molecule has 6 heteroatoms. The molecule has 0 spiro atoms. The molecule has 3 nitrogen and oxygen atoms in total. The minimum Gasteiger partial charge on any atom is -0.398 e. The fourth-order valence-electron chi connectivity index (χ4n) is 1.73. The Kier molecular flexibility index (Phi) is 4.58. The molecule has 0 aromatic heterocycles. The van der Waals surface area contributed by atoms with Crippen molar-refractivity contribution in [3.05, 3.63) is 56.0 Å². The van der Waals surface area contributed by atoms with Crippen molar-refractivity contribution in [2.75, 3.05) is 11.1 Å². The average molecular weight is 374 g/mol. The first-order valence-corrected chi connectivity index (χ1v) is 7.25. The van der Waals surface area contributed by atoms with Gasteiger partial charge in [0.05, 0.1) is 21.3 Å². The first kappa shape index (κ1) is 15.2. The van der Waals surface area contributed by atoms with Crippen LogP contribution in [-0.2, 0) is 0 Å². The van der Waals surface area contributed by atoms with Crippen LogP contribution >= 0.6 is 39.1 Å². The van der Waals surface area contributed by atoms with E-state index < -0.39 is 0 Å². The number of nitrogens with two attached hydrogens (primary N) is 1. The maximum atomic E-state index is 12.2. The van der Waals surface area contributed by atoms with Crippen LogP contribution in [0.15, 0.2) is 34.8 Å². The topological polar surface area (TPSA) is 55.1 Å². The number of aryl methyl sites for hydroxylation is 1. The number of amides is 1. The summed E-state index contributed by atoms with van der Waals surface area (Å²) in [5.74, 6) is -0.353. The fraction of sp³-hybridized carbons (Fsp3) is 0.0714. The van der Waals surface area contributed by atoms with Crippen molar-refractivity contribution in [3.63, 3.8) is 0 Å². The lowest BCUT2D eigenvalue weighted by molar-refractivity contribution is 0.102. The highest BCUT2D eigenvalue weighted by Gasteiger charge is 2.14. The van der Waals surface area contributed by atoms with E-state index in [1.54, 1.807) is 24.3 Å². The Morgan fingerprint density at radius 2 is 1.80 bits per heavy atom. The van der Waals surface area contributed by atoms with Gasteiger partial charge in [0.15, 0.2) is 0 Å². The Bertz CT molecular complexity index is 666. The molecule has 20 heavy (non-hydrogen) atoms.